The van der Waals surface area contributed by atoms with Gasteiger partial charge in [0.25, 0.3) is 5.69 Å². The molecule has 1 aromatic rings. The summed E-state index contributed by atoms with van der Waals surface area (Å²) in [5.74, 6) is -1.18. The number of amides is 2. The van der Waals surface area contributed by atoms with Crippen LogP contribution in [0.2, 0.25) is 0 Å². The van der Waals surface area contributed by atoms with Gasteiger partial charge in [0.05, 0.1) is 41.9 Å². The summed E-state index contributed by atoms with van der Waals surface area (Å²) in [6.07, 6.45) is 0.589. The molecule has 1 aliphatic rings. The maximum atomic E-state index is 12.4. The van der Waals surface area contributed by atoms with E-state index in [1.165, 1.54) is 14.0 Å². The van der Waals surface area contributed by atoms with E-state index in [1.54, 1.807) is 0 Å². The summed E-state index contributed by atoms with van der Waals surface area (Å²) >= 11 is 0. The van der Waals surface area contributed by atoms with Crippen LogP contribution >= 0.6 is 0 Å². The molecule has 0 bridgehead atoms. The Morgan fingerprint density at radius 3 is 2.69 bits per heavy atom. The number of phenolic OH excluding ortho intramolecular Hbond substituents is 1. The first-order chi connectivity index (χ1) is 12.3. The van der Waals surface area contributed by atoms with Crippen LogP contribution in [0, 0.1) is 10.1 Å². The van der Waals surface area contributed by atoms with Gasteiger partial charge in [-0.05, 0) is 19.4 Å². The number of nitrogens with one attached hydrogen (secondary N) is 2. The van der Waals surface area contributed by atoms with Crippen LogP contribution < -0.4 is 15.4 Å². The summed E-state index contributed by atoms with van der Waals surface area (Å²) < 4.78 is 10.0. The van der Waals surface area contributed by atoms with E-state index in [1.807, 2.05) is 6.92 Å². The number of rotatable bonds is 6. The van der Waals surface area contributed by atoms with Crippen molar-refractivity contribution >= 4 is 17.7 Å². The molecule has 0 aromatic heterocycles. The molecule has 0 radical (unpaired) electrons. The number of esters is 1. The third kappa shape index (κ3) is 3.68. The average molecular weight is 365 g/mol. The minimum atomic E-state index is -1.16. The fourth-order valence-corrected chi connectivity index (χ4v) is 2.60. The number of hydrogen-bond acceptors (Lipinski definition) is 7. The molecular formula is C16H19N3O7. The van der Waals surface area contributed by atoms with Gasteiger partial charge in [0.2, 0.25) is 0 Å². The number of ether oxygens (including phenoxy) is 2. The van der Waals surface area contributed by atoms with Crippen LogP contribution in [-0.4, -0.2) is 35.7 Å². The molecule has 140 valence electrons. The van der Waals surface area contributed by atoms with Gasteiger partial charge < -0.3 is 25.2 Å². The van der Waals surface area contributed by atoms with Crippen LogP contribution in [0.5, 0.6) is 11.5 Å². The molecule has 0 saturated heterocycles. The molecule has 26 heavy (non-hydrogen) atoms. The number of carbonyl (C=O) groups is 2. The van der Waals surface area contributed by atoms with Crippen molar-refractivity contribution in [2.75, 3.05) is 13.7 Å². The molecule has 10 nitrogen and oxygen atoms in total. The van der Waals surface area contributed by atoms with Gasteiger partial charge in [0.1, 0.15) is 0 Å². The highest BCUT2D eigenvalue weighted by atomic mass is 16.6. The molecule has 2 rings (SSSR count). The van der Waals surface area contributed by atoms with Crippen LogP contribution in [0.15, 0.2) is 23.4 Å². The molecule has 10 heteroatoms. The van der Waals surface area contributed by atoms with Gasteiger partial charge in [-0.25, -0.2) is 9.59 Å². The second kappa shape index (κ2) is 7.72. The Labute approximate surface area is 148 Å². The molecule has 1 aliphatic heterocycles. The lowest BCUT2D eigenvalue weighted by atomic mass is 9.94. The highest BCUT2D eigenvalue weighted by Gasteiger charge is 2.37. The van der Waals surface area contributed by atoms with Gasteiger partial charge in [-0.1, -0.05) is 6.92 Å². The van der Waals surface area contributed by atoms with Crippen molar-refractivity contribution in [3.8, 4) is 11.5 Å². The van der Waals surface area contributed by atoms with E-state index in [-0.39, 0.29) is 34.9 Å². The number of nitrogens with zero attached hydrogens (tertiary/aromatic N) is 1. The van der Waals surface area contributed by atoms with Crippen LogP contribution in [0.3, 0.4) is 0 Å². The largest absolute Gasteiger partial charge is 0.504 e. The number of urea groups is 1. The summed E-state index contributed by atoms with van der Waals surface area (Å²) in [6.45, 7) is 3.47. The van der Waals surface area contributed by atoms with Gasteiger partial charge in [-0.2, -0.15) is 0 Å². The number of allylic oxidation sites excluding steroid dienone is 1. The first-order valence-electron chi connectivity index (χ1n) is 7.80. The van der Waals surface area contributed by atoms with Crippen LogP contribution in [0.25, 0.3) is 0 Å². The maximum Gasteiger partial charge on any atom is 0.338 e. The normalized spacial score (nSPS) is 16.6. The number of methoxy groups -OCH3 is 1. The van der Waals surface area contributed by atoms with E-state index >= 15 is 0 Å². The molecule has 1 unspecified atom stereocenters. The molecule has 1 heterocycles. The molecule has 0 fully saturated rings. The molecule has 0 spiro atoms. The van der Waals surface area contributed by atoms with Crippen LogP contribution in [0.1, 0.15) is 31.9 Å². The van der Waals surface area contributed by atoms with Crippen molar-refractivity contribution in [3.05, 3.63) is 39.1 Å². The summed E-state index contributed by atoms with van der Waals surface area (Å²) in [5.41, 5.74) is -0.249. The van der Waals surface area contributed by atoms with Crippen molar-refractivity contribution in [2.24, 2.45) is 0 Å². The zero-order chi connectivity index (χ0) is 19.4. The van der Waals surface area contributed by atoms with E-state index in [0.29, 0.717) is 6.42 Å². The predicted octanol–water partition coefficient (Wildman–Crippen LogP) is 1.89. The Kier molecular flexibility index (Phi) is 5.65. The number of hydrogen-bond donors (Lipinski definition) is 3. The molecule has 2 amide bonds. The topological polar surface area (TPSA) is 140 Å². The minimum absolute atomic E-state index is 0.0192. The number of nitro groups is 1. The average Bonchev–Trinajstić information content (AvgIpc) is 2.58. The van der Waals surface area contributed by atoms with Gasteiger partial charge in [-0.3, -0.25) is 10.1 Å². The molecule has 3 N–H and O–H groups in total. The van der Waals surface area contributed by atoms with Gasteiger partial charge >= 0.3 is 12.0 Å². The zero-order valence-corrected chi connectivity index (χ0v) is 14.5. The van der Waals surface area contributed by atoms with Crippen molar-refractivity contribution in [1.82, 2.24) is 10.6 Å². The number of benzene rings is 1. The SMILES string of the molecule is CCCOC(=O)C1=C(C)NC(=O)NC1c1cc(O)c(OC)cc1[N+](=O)[O-]. The lowest BCUT2D eigenvalue weighted by molar-refractivity contribution is -0.385. The fourth-order valence-electron chi connectivity index (χ4n) is 2.60. The Bertz CT molecular complexity index is 788. The summed E-state index contributed by atoms with van der Waals surface area (Å²) in [7, 11) is 1.25. The van der Waals surface area contributed by atoms with E-state index < -0.39 is 28.7 Å². The van der Waals surface area contributed by atoms with Crippen molar-refractivity contribution in [2.45, 2.75) is 26.3 Å². The van der Waals surface area contributed by atoms with Crippen LogP contribution in [-0.2, 0) is 9.53 Å². The highest BCUT2D eigenvalue weighted by molar-refractivity contribution is 5.95. The van der Waals surface area contributed by atoms with Gasteiger partial charge in [0, 0.05) is 5.70 Å². The van der Waals surface area contributed by atoms with Crippen molar-refractivity contribution < 1.29 is 29.1 Å². The number of nitro benzene ring substituents is 1. The predicted molar refractivity (Wildman–Crippen MR) is 89.7 cm³/mol. The van der Waals surface area contributed by atoms with E-state index in [2.05, 4.69) is 10.6 Å². The third-order valence-electron chi connectivity index (χ3n) is 3.76. The second-order valence-electron chi connectivity index (χ2n) is 5.55. The van der Waals surface area contributed by atoms with Crippen LogP contribution in [0.4, 0.5) is 10.5 Å². The first kappa shape index (κ1) is 19.0. The van der Waals surface area contributed by atoms with Crippen molar-refractivity contribution in [1.29, 1.82) is 0 Å². The second-order valence-corrected chi connectivity index (χ2v) is 5.55. The lowest BCUT2D eigenvalue weighted by Gasteiger charge is -2.28. The Morgan fingerprint density at radius 2 is 2.12 bits per heavy atom. The standard InChI is InChI=1S/C16H19N3O7/c1-4-5-26-15(21)13-8(2)17-16(22)18-14(13)9-6-11(20)12(25-3)7-10(9)19(23)24/h6-7,14,20H,4-5H2,1-3H3,(H2,17,18,22). The van der Waals surface area contributed by atoms with Gasteiger partial charge in [0.15, 0.2) is 11.5 Å². The van der Waals surface area contributed by atoms with E-state index in [9.17, 15) is 24.8 Å². The summed E-state index contributed by atoms with van der Waals surface area (Å²) in [4.78, 5) is 35.1. The third-order valence-corrected chi connectivity index (χ3v) is 3.76. The van der Waals surface area contributed by atoms with E-state index in [4.69, 9.17) is 9.47 Å². The Morgan fingerprint density at radius 1 is 1.42 bits per heavy atom. The summed E-state index contributed by atoms with van der Waals surface area (Å²) in [5, 5.41) is 26.4. The lowest BCUT2D eigenvalue weighted by Crippen LogP contribution is -2.45. The van der Waals surface area contributed by atoms with E-state index in [0.717, 1.165) is 12.1 Å². The summed E-state index contributed by atoms with van der Waals surface area (Å²) in [6, 6.07) is 0.325. The molecular weight excluding hydrogens is 346 g/mol. The molecule has 0 saturated carbocycles. The maximum absolute atomic E-state index is 12.4. The minimum Gasteiger partial charge on any atom is -0.504 e. The number of phenols is 1. The molecule has 1 atom stereocenters. The first-order valence-corrected chi connectivity index (χ1v) is 7.80. The Balaban J connectivity index is 2.61. The smallest absolute Gasteiger partial charge is 0.338 e. The van der Waals surface area contributed by atoms with Gasteiger partial charge in [-0.15, -0.1) is 0 Å². The Hall–Kier alpha value is -3.30. The zero-order valence-electron chi connectivity index (χ0n) is 14.5. The number of aromatic hydroxyl groups is 1. The molecule has 0 aliphatic carbocycles. The fraction of sp³-hybridized carbons (Fsp3) is 0.375. The quantitative estimate of drug-likeness (QED) is 0.397. The molecule has 1 aromatic carbocycles. The van der Waals surface area contributed by atoms with Crippen molar-refractivity contribution in [3.63, 3.8) is 0 Å². The number of carbonyl (C=O) groups excluding carboxylic acids is 2. The highest BCUT2D eigenvalue weighted by Crippen LogP contribution is 2.40. The monoisotopic (exact) mass is 365 g/mol.